The minimum Gasteiger partial charge on any atom is -0.490 e. The number of nitrogens with one attached hydrogen (secondary N) is 1. The third-order valence-electron chi connectivity index (χ3n) is 2.54. The summed E-state index contributed by atoms with van der Waals surface area (Å²) in [6.07, 6.45) is 0. The van der Waals surface area contributed by atoms with Crippen LogP contribution in [-0.4, -0.2) is 33.5 Å². The standard InChI is InChI=1S/C15H19NO3S/c1-17-7-8-18-9-10-19-14-11-15(20-12-14)16-13-5-3-2-4-6-13/h2-6,11-12,16H,7-10H2,1H3. The van der Waals surface area contributed by atoms with Crippen LogP contribution in [0.1, 0.15) is 0 Å². The van der Waals surface area contributed by atoms with E-state index < -0.39 is 0 Å². The summed E-state index contributed by atoms with van der Waals surface area (Å²) in [5, 5.41) is 6.38. The number of thiophene rings is 1. The van der Waals surface area contributed by atoms with Crippen molar-refractivity contribution < 1.29 is 14.2 Å². The van der Waals surface area contributed by atoms with Crippen LogP contribution in [0.5, 0.6) is 5.75 Å². The number of hydrogen-bond acceptors (Lipinski definition) is 5. The highest BCUT2D eigenvalue weighted by molar-refractivity contribution is 7.14. The molecule has 0 saturated heterocycles. The van der Waals surface area contributed by atoms with Crippen molar-refractivity contribution in [3.8, 4) is 5.75 Å². The van der Waals surface area contributed by atoms with Gasteiger partial charge in [-0.05, 0) is 12.1 Å². The molecule has 0 radical (unpaired) electrons. The molecule has 0 aliphatic carbocycles. The molecule has 0 aliphatic heterocycles. The van der Waals surface area contributed by atoms with Crippen LogP contribution in [0.4, 0.5) is 10.7 Å². The number of anilines is 2. The monoisotopic (exact) mass is 293 g/mol. The second kappa shape index (κ2) is 8.58. The number of hydrogen-bond donors (Lipinski definition) is 1. The van der Waals surface area contributed by atoms with Gasteiger partial charge in [0.25, 0.3) is 0 Å². The molecule has 5 heteroatoms. The van der Waals surface area contributed by atoms with Crippen LogP contribution in [0.3, 0.4) is 0 Å². The van der Waals surface area contributed by atoms with Crippen molar-refractivity contribution in [3.05, 3.63) is 41.8 Å². The Kier molecular flexibility index (Phi) is 6.37. The highest BCUT2D eigenvalue weighted by Gasteiger charge is 2.01. The van der Waals surface area contributed by atoms with Crippen LogP contribution < -0.4 is 10.1 Å². The molecule has 0 amide bonds. The van der Waals surface area contributed by atoms with Gasteiger partial charge in [-0.3, -0.25) is 0 Å². The number of ether oxygens (including phenoxy) is 3. The second-order valence-corrected chi connectivity index (χ2v) is 5.00. The topological polar surface area (TPSA) is 39.7 Å². The van der Waals surface area contributed by atoms with Gasteiger partial charge in [0.15, 0.2) is 0 Å². The van der Waals surface area contributed by atoms with Crippen molar-refractivity contribution >= 4 is 22.0 Å². The first-order chi connectivity index (χ1) is 9.88. The lowest BCUT2D eigenvalue weighted by atomic mass is 10.3. The highest BCUT2D eigenvalue weighted by atomic mass is 32.1. The molecule has 0 saturated carbocycles. The number of rotatable bonds is 9. The molecular weight excluding hydrogens is 274 g/mol. The lowest BCUT2D eigenvalue weighted by molar-refractivity contribution is 0.0545. The molecular formula is C15H19NO3S. The van der Waals surface area contributed by atoms with Gasteiger partial charge < -0.3 is 19.5 Å². The SMILES string of the molecule is COCCOCCOc1csc(Nc2ccccc2)c1. The lowest BCUT2D eigenvalue weighted by Gasteiger charge is -2.05. The van der Waals surface area contributed by atoms with Gasteiger partial charge >= 0.3 is 0 Å². The Morgan fingerprint density at radius 2 is 1.85 bits per heavy atom. The quantitative estimate of drug-likeness (QED) is 0.718. The molecule has 2 rings (SSSR count). The summed E-state index contributed by atoms with van der Waals surface area (Å²) < 4.78 is 15.8. The van der Waals surface area contributed by atoms with E-state index in [1.807, 2.05) is 41.8 Å². The third-order valence-corrected chi connectivity index (χ3v) is 3.37. The van der Waals surface area contributed by atoms with Crippen molar-refractivity contribution in [2.45, 2.75) is 0 Å². The molecule has 4 nitrogen and oxygen atoms in total. The van der Waals surface area contributed by atoms with Crippen molar-refractivity contribution in [2.75, 3.05) is 38.9 Å². The summed E-state index contributed by atoms with van der Waals surface area (Å²) in [6.45, 7) is 2.33. The van der Waals surface area contributed by atoms with E-state index in [1.165, 1.54) is 0 Å². The lowest BCUT2D eigenvalue weighted by Crippen LogP contribution is -2.09. The maximum Gasteiger partial charge on any atom is 0.132 e. The predicted octanol–water partition coefficient (Wildman–Crippen LogP) is 3.53. The van der Waals surface area contributed by atoms with Crippen LogP contribution in [0.2, 0.25) is 0 Å². The molecule has 1 N–H and O–H groups in total. The first-order valence-corrected chi connectivity index (χ1v) is 7.36. The minimum atomic E-state index is 0.547. The molecule has 1 heterocycles. The molecule has 2 aromatic rings. The zero-order valence-electron chi connectivity index (χ0n) is 11.5. The van der Waals surface area contributed by atoms with Gasteiger partial charge in [0.2, 0.25) is 0 Å². The predicted molar refractivity (Wildman–Crippen MR) is 82.2 cm³/mol. The number of para-hydroxylation sites is 1. The van der Waals surface area contributed by atoms with E-state index in [-0.39, 0.29) is 0 Å². The summed E-state index contributed by atoms with van der Waals surface area (Å²) in [6, 6.07) is 12.1. The van der Waals surface area contributed by atoms with E-state index in [2.05, 4.69) is 5.32 Å². The molecule has 1 aromatic heterocycles. The Bertz CT molecular complexity index is 487. The summed E-state index contributed by atoms with van der Waals surface area (Å²) in [5.74, 6) is 0.865. The molecule has 20 heavy (non-hydrogen) atoms. The maximum absolute atomic E-state index is 5.61. The number of benzene rings is 1. The highest BCUT2D eigenvalue weighted by Crippen LogP contribution is 2.28. The third kappa shape index (κ3) is 5.21. The van der Waals surface area contributed by atoms with Crippen LogP contribution in [0.25, 0.3) is 0 Å². The maximum atomic E-state index is 5.61. The van der Waals surface area contributed by atoms with Gasteiger partial charge in [0.05, 0.1) is 24.8 Å². The van der Waals surface area contributed by atoms with E-state index in [0.717, 1.165) is 16.4 Å². The Labute approximate surface area is 123 Å². The fraction of sp³-hybridized carbons (Fsp3) is 0.333. The Morgan fingerprint density at radius 1 is 1.05 bits per heavy atom. The smallest absolute Gasteiger partial charge is 0.132 e. The van der Waals surface area contributed by atoms with Crippen LogP contribution in [0.15, 0.2) is 41.8 Å². The van der Waals surface area contributed by atoms with E-state index in [0.29, 0.717) is 26.4 Å². The average Bonchev–Trinajstić information content (AvgIpc) is 2.91. The average molecular weight is 293 g/mol. The Hall–Kier alpha value is -1.56. The molecule has 0 bridgehead atoms. The largest absolute Gasteiger partial charge is 0.490 e. The Morgan fingerprint density at radius 3 is 2.65 bits per heavy atom. The van der Waals surface area contributed by atoms with E-state index in [4.69, 9.17) is 14.2 Å². The Balaban J connectivity index is 1.70. The van der Waals surface area contributed by atoms with E-state index in [9.17, 15) is 0 Å². The molecule has 0 atom stereocenters. The zero-order chi connectivity index (χ0) is 14.0. The molecule has 0 spiro atoms. The van der Waals surface area contributed by atoms with Crippen LogP contribution in [0, 0.1) is 0 Å². The first-order valence-electron chi connectivity index (χ1n) is 6.48. The number of methoxy groups -OCH3 is 1. The van der Waals surface area contributed by atoms with Gasteiger partial charge in [-0.2, -0.15) is 0 Å². The summed E-state index contributed by atoms with van der Waals surface area (Å²) >= 11 is 1.62. The molecule has 108 valence electrons. The fourth-order valence-electron chi connectivity index (χ4n) is 1.59. The zero-order valence-corrected chi connectivity index (χ0v) is 12.3. The van der Waals surface area contributed by atoms with E-state index in [1.54, 1.807) is 18.4 Å². The minimum absolute atomic E-state index is 0.547. The van der Waals surface area contributed by atoms with Crippen molar-refractivity contribution in [3.63, 3.8) is 0 Å². The molecule has 0 unspecified atom stereocenters. The normalized spacial score (nSPS) is 10.4. The first kappa shape index (κ1) is 14.8. The molecule has 0 fully saturated rings. The van der Waals surface area contributed by atoms with Gasteiger partial charge in [-0.15, -0.1) is 11.3 Å². The van der Waals surface area contributed by atoms with Gasteiger partial charge in [0, 0.05) is 24.2 Å². The summed E-state index contributed by atoms with van der Waals surface area (Å²) in [4.78, 5) is 0. The van der Waals surface area contributed by atoms with Crippen molar-refractivity contribution in [2.24, 2.45) is 0 Å². The van der Waals surface area contributed by atoms with Gasteiger partial charge in [0.1, 0.15) is 12.4 Å². The van der Waals surface area contributed by atoms with Crippen LogP contribution in [-0.2, 0) is 9.47 Å². The summed E-state index contributed by atoms with van der Waals surface area (Å²) in [5.41, 5.74) is 1.07. The second-order valence-electron chi connectivity index (χ2n) is 4.09. The summed E-state index contributed by atoms with van der Waals surface area (Å²) in [7, 11) is 1.66. The van der Waals surface area contributed by atoms with Crippen molar-refractivity contribution in [1.82, 2.24) is 0 Å². The van der Waals surface area contributed by atoms with Crippen LogP contribution >= 0.6 is 11.3 Å². The van der Waals surface area contributed by atoms with Crippen molar-refractivity contribution in [1.29, 1.82) is 0 Å². The van der Waals surface area contributed by atoms with Gasteiger partial charge in [-0.25, -0.2) is 0 Å². The fourth-order valence-corrected chi connectivity index (χ4v) is 2.33. The van der Waals surface area contributed by atoms with E-state index >= 15 is 0 Å². The van der Waals surface area contributed by atoms with Gasteiger partial charge in [-0.1, -0.05) is 18.2 Å². The molecule has 1 aromatic carbocycles. The molecule has 0 aliphatic rings.